The molecule has 1 spiro atoms. The lowest BCUT2D eigenvalue weighted by Gasteiger charge is -2.52. The van der Waals surface area contributed by atoms with Crippen LogP contribution in [0.3, 0.4) is 0 Å². The van der Waals surface area contributed by atoms with Crippen molar-refractivity contribution in [1.82, 2.24) is 0 Å². The van der Waals surface area contributed by atoms with Crippen molar-refractivity contribution < 1.29 is 39.8 Å². The van der Waals surface area contributed by atoms with E-state index in [0.717, 1.165) is 18.4 Å². The fraction of sp³-hybridized carbons (Fsp3) is 0.850. The Hall–Kier alpha value is -0.870. The molecule has 0 aromatic rings. The maximum atomic E-state index is 13.0. The molecule has 0 bridgehead atoms. The second kappa shape index (κ2) is 6.31. The third kappa shape index (κ3) is 2.52. The SMILES string of the molecule is CC1=CC2(O[C@@H]3O[C@H](CO)[C@@H](O)[C@H](O)[C@H]3O)CC(C)C(=O)C2C(C)(O)C12CC2. The molecule has 9 atom stereocenters. The molecule has 8 heteroatoms. The Morgan fingerprint density at radius 2 is 1.86 bits per heavy atom. The molecule has 4 aliphatic rings. The quantitative estimate of drug-likeness (QED) is 0.392. The van der Waals surface area contributed by atoms with E-state index in [2.05, 4.69) is 0 Å². The predicted molar refractivity (Wildman–Crippen MR) is 95.9 cm³/mol. The van der Waals surface area contributed by atoms with Crippen LogP contribution in [0, 0.1) is 17.3 Å². The van der Waals surface area contributed by atoms with E-state index >= 15 is 0 Å². The Morgan fingerprint density at radius 3 is 2.43 bits per heavy atom. The molecule has 3 fully saturated rings. The highest BCUT2D eigenvalue weighted by Gasteiger charge is 2.72. The Kier molecular flexibility index (Phi) is 4.60. The summed E-state index contributed by atoms with van der Waals surface area (Å²) >= 11 is 0. The van der Waals surface area contributed by atoms with Gasteiger partial charge in [0.15, 0.2) is 6.29 Å². The molecule has 1 saturated heterocycles. The van der Waals surface area contributed by atoms with Crippen LogP contribution >= 0.6 is 0 Å². The van der Waals surface area contributed by atoms with Crippen molar-refractivity contribution in [1.29, 1.82) is 0 Å². The van der Waals surface area contributed by atoms with E-state index in [4.69, 9.17) is 9.47 Å². The minimum atomic E-state index is -1.57. The number of carbonyl (C=O) groups is 1. The number of Topliss-reactive ketones (excluding diaryl/α,β-unsaturated/α-hetero) is 1. The highest BCUT2D eigenvalue weighted by atomic mass is 16.7. The van der Waals surface area contributed by atoms with Crippen LogP contribution in [0.15, 0.2) is 11.6 Å². The minimum absolute atomic E-state index is 0.0929. The molecular formula is C20H30O8. The maximum absolute atomic E-state index is 13.0. The number of aliphatic hydroxyl groups is 5. The molecular weight excluding hydrogens is 368 g/mol. The number of fused-ring (bicyclic) bond motifs is 1. The van der Waals surface area contributed by atoms with Gasteiger partial charge in [-0.25, -0.2) is 0 Å². The van der Waals surface area contributed by atoms with Crippen LogP contribution in [0.2, 0.25) is 0 Å². The topological polar surface area (TPSA) is 137 Å². The van der Waals surface area contributed by atoms with Gasteiger partial charge < -0.3 is 35.0 Å². The largest absolute Gasteiger partial charge is 0.394 e. The molecule has 4 rings (SSSR count). The molecule has 0 aromatic heterocycles. The molecule has 1 heterocycles. The molecule has 0 aromatic carbocycles. The highest BCUT2D eigenvalue weighted by molar-refractivity contribution is 5.89. The lowest BCUT2D eigenvalue weighted by atomic mass is 9.61. The highest BCUT2D eigenvalue weighted by Crippen LogP contribution is 2.68. The Balaban J connectivity index is 1.73. The molecule has 3 aliphatic carbocycles. The van der Waals surface area contributed by atoms with Gasteiger partial charge in [-0.1, -0.05) is 18.6 Å². The van der Waals surface area contributed by atoms with Gasteiger partial charge in [-0.05, 0) is 33.1 Å². The number of hydrogen-bond donors (Lipinski definition) is 5. The second-order valence-electron chi connectivity index (χ2n) is 9.27. The Bertz CT molecular complexity index is 696. The van der Waals surface area contributed by atoms with Gasteiger partial charge in [-0.3, -0.25) is 4.79 Å². The Morgan fingerprint density at radius 1 is 1.21 bits per heavy atom. The molecule has 1 aliphatic heterocycles. The molecule has 158 valence electrons. The van der Waals surface area contributed by atoms with Crippen LogP contribution < -0.4 is 0 Å². The molecule has 5 N–H and O–H groups in total. The van der Waals surface area contributed by atoms with Gasteiger partial charge in [0.25, 0.3) is 0 Å². The third-order valence-corrected chi connectivity index (χ3v) is 7.56. The van der Waals surface area contributed by atoms with E-state index in [1.807, 2.05) is 13.0 Å². The van der Waals surface area contributed by atoms with Crippen molar-refractivity contribution in [2.75, 3.05) is 6.61 Å². The summed E-state index contributed by atoms with van der Waals surface area (Å²) in [5.41, 5.74) is -1.98. The first-order valence-corrected chi connectivity index (χ1v) is 9.95. The number of hydrogen-bond acceptors (Lipinski definition) is 8. The number of rotatable bonds is 3. The molecule has 4 unspecified atom stereocenters. The van der Waals surface area contributed by atoms with Gasteiger partial charge in [0, 0.05) is 11.3 Å². The molecule has 0 amide bonds. The van der Waals surface area contributed by atoms with Crippen molar-refractivity contribution in [3.05, 3.63) is 11.6 Å². The van der Waals surface area contributed by atoms with E-state index < -0.39 is 59.8 Å². The van der Waals surface area contributed by atoms with Gasteiger partial charge >= 0.3 is 0 Å². The Labute approximate surface area is 163 Å². The fourth-order valence-electron chi connectivity index (χ4n) is 5.85. The molecule has 2 saturated carbocycles. The van der Waals surface area contributed by atoms with E-state index in [-0.39, 0.29) is 11.7 Å². The van der Waals surface area contributed by atoms with Crippen molar-refractivity contribution in [2.24, 2.45) is 17.3 Å². The maximum Gasteiger partial charge on any atom is 0.187 e. The van der Waals surface area contributed by atoms with Crippen LogP contribution in [0.4, 0.5) is 0 Å². The standard InChI is InChI=1S/C20H30O8/c1-9-6-20(28-17-15(25)14(24)13(23)11(8-21)27-17)7-10(2)19(4-5-19)18(3,26)16(20)12(9)22/h7,9,11,13-17,21,23-26H,4-6,8H2,1-3H3/t9?,11-,13-,14+,15-,16?,17+,18?,20?/m1/s1. The van der Waals surface area contributed by atoms with E-state index in [1.54, 1.807) is 13.8 Å². The van der Waals surface area contributed by atoms with Crippen molar-refractivity contribution in [2.45, 2.75) is 81.9 Å². The average molecular weight is 398 g/mol. The summed E-state index contributed by atoms with van der Waals surface area (Å²) in [5, 5.41) is 51.4. The molecule has 28 heavy (non-hydrogen) atoms. The third-order valence-electron chi connectivity index (χ3n) is 7.56. The van der Waals surface area contributed by atoms with E-state index in [0.29, 0.717) is 6.42 Å². The zero-order valence-electron chi connectivity index (χ0n) is 16.4. The summed E-state index contributed by atoms with van der Waals surface area (Å²) in [6.07, 6.45) is -3.27. The van der Waals surface area contributed by atoms with Crippen LogP contribution in [0.1, 0.15) is 40.0 Å². The summed E-state index contributed by atoms with van der Waals surface area (Å²) < 4.78 is 11.7. The van der Waals surface area contributed by atoms with Crippen LogP contribution in [-0.4, -0.2) is 79.8 Å². The first-order chi connectivity index (χ1) is 13.0. The van der Waals surface area contributed by atoms with Crippen LogP contribution in [-0.2, 0) is 14.3 Å². The van der Waals surface area contributed by atoms with Gasteiger partial charge in [0.2, 0.25) is 0 Å². The number of ketones is 1. The van der Waals surface area contributed by atoms with Gasteiger partial charge in [0.05, 0.1) is 18.1 Å². The normalized spacial score (nSPS) is 52.5. The first kappa shape index (κ1) is 20.4. The zero-order valence-corrected chi connectivity index (χ0v) is 16.4. The molecule has 8 nitrogen and oxygen atoms in total. The van der Waals surface area contributed by atoms with Crippen LogP contribution in [0.25, 0.3) is 0 Å². The number of aliphatic hydroxyl groups excluding tert-OH is 4. The van der Waals surface area contributed by atoms with E-state index in [9.17, 15) is 30.3 Å². The lowest BCUT2D eigenvalue weighted by molar-refractivity contribution is -0.330. The van der Waals surface area contributed by atoms with Gasteiger partial charge in [-0.2, -0.15) is 0 Å². The summed E-state index contributed by atoms with van der Waals surface area (Å²) in [7, 11) is 0. The van der Waals surface area contributed by atoms with Crippen molar-refractivity contribution >= 4 is 5.78 Å². The monoisotopic (exact) mass is 398 g/mol. The minimum Gasteiger partial charge on any atom is -0.394 e. The van der Waals surface area contributed by atoms with Crippen LogP contribution in [0.5, 0.6) is 0 Å². The van der Waals surface area contributed by atoms with Crippen molar-refractivity contribution in [3.8, 4) is 0 Å². The van der Waals surface area contributed by atoms with E-state index in [1.165, 1.54) is 0 Å². The summed E-state index contributed by atoms with van der Waals surface area (Å²) in [4.78, 5) is 13.0. The lowest BCUT2D eigenvalue weighted by Crippen LogP contribution is -2.64. The fourth-order valence-corrected chi connectivity index (χ4v) is 5.85. The molecule has 0 radical (unpaired) electrons. The average Bonchev–Trinajstić information content (AvgIpc) is 3.39. The van der Waals surface area contributed by atoms with Crippen molar-refractivity contribution in [3.63, 3.8) is 0 Å². The summed E-state index contributed by atoms with van der Waals surface area (Å²) in [6, 6.07) is 0. The summed E-state index contributed by atoms with van der Waals surface area (Å²) in [5.74, 6) is -1.27. The van der Waals surface area contributed by atoms with Gasteiger partial charge in [-0.15, -0.1) is 0 Å². The van der Waals surface area contributed by atoms with Gasteiger partial charge in [0.1, 0.15) is 35.8 Å². The first-order valence-electron chi connectivity index (χ1n) is 9.95. The smallest absolute Gasteiger partial charge is 0.187 e. The zero-order chi connectivity index (χ0) is 20.6. The summed E-state index contributed by atoms with van der Waals surface area (Å²) in [6.45, 7) is 4.83. The second-order valence-corrected chi connectivity index (χ2v) is 9.27. The number of ether oxygens (including phenoxy) is 2. The predicted octanol–water partition coefficient (Wildman–Crippen LogP) is -0.742. The number of carbonyl (C=O) groups excluding carboxylic acids is 1.